The number of hydrogen-bond donors (Lipinski definition) is 1. The fourth-order valence-corrected chi connectivity index (χ4v) is 4.02. The molecule has 1 saturated heterocycles. The minimum atomic E-state index is -0.556. The Hall–Kier alpha value is -3.13. The van der Waals surface area contributed by atoms with Gasteiger partial charge in [0.05, 0.1) is 5.69 Å². The number of amides is 1. The van der Waals surface area contributed by atoms with E-state index in [1.807, 2.05) is 24.3 Å². The Kier molecular flexibility index (Phi) is 7.44. The first-order chi connectivity index (χ1) is 16.0. The van der Waals surface area contributed by atoms with Gasteiger partial charge in [-0.1, -0.05) is 54.8 Å². The van der Waals surface area contributed by atoms with E-state index in [2.05, 4.69) is 41.1 Å². The van der Waals surface area contributed by atoms with Gasteiger partial charge in [-0.3, -0.25) is 9.69 Å². The van der Waals surface area contributed by atoms with E-state index in [1.54, 1.807) is 18.2 Å². The summed E-state index contributed by atoms with van der Waals surface area (Å²) in [6.45, 7) is 5.53. The molecule has 5 heteroatoms. The molecule has 3 nitrogen and oxygen atoms in total. The summed E-state index contributed by atoms with van der Waals surface area (Å²) >= 11 is 5.90. The number of nitrogens with one attached hydrogen (secondary N) is 1. The van der Waals surface area contributed by atoms with Gasteiger partial charge in [0.1, 0.15) is 5.82 Å². The van der Waals surface area contributed by atoms with Gasteiger partial charge in [0.25, 0.3) is 0 Å². The zero-order valence-corrected chi connectivity index (χ0v) is 19.3. The molecular weight excluding hydrogens is 435 g/mol. The summed E-state index contributed by atoms with van der Waals surface area (Å²) in [5.41, 5.74) is 3.63. The number of hydrogen-bond acceptors (Lipinski definition) is 2. The molecular formula is C28H26ClFN2O. The second kappa shape index (κ2) is 10.7. The van der Waals surface area contributed by atoms with Crippen LogP contribution in [0.25, 0.3) is 11.1 Å². The summed E-state index contributed by atoms with van der Waals surface area (Å²) in [6.07, 6.45) is 2.51. The molecule has 0 aliphatic carbocycles. The van der Waals surface area contributed by atoms with E-state index in [0.29, 0.717) is 10.6 Å². The number of carbonyl (C=O) groups excluding carboxylic acids is 1. The molecule has 1 aliphatic heterocycles. The van der Waals surface area contributed by atoms with Crippen molar-refractivity contribution in [1.29, 1.82) is 0 Å². The molecule has 1 aliphatic rings. The fourth-order valence-electron chi connectivity index (χ4n) is 3.89. The predicted octanol–water partition coefficient (Wildman–Crippen LogP) is 6.37. The van der Waals surface area contributed by atoms with Crippen molar-refractivity contribution in [2.75, 3.05) is 18.4 Å². The van der Waals surface area contributed by atoms with E-state index in [1.165, 1.54) is 30.5 Å². The standard InChI is InChI=1S/C28H26ClFN2O/c1-20-14-16-32(17-15-20)19-22-4-2-21(3-5-22)6-13-28(33)31-27-12-9-24(18-26(27)30)23-7-10-25(29)11-8-23/h2-5,7-12,18,20H,14-17,19H2,1H3,(H,31,33). The van der Waals surface area contributed by atoms with Crippen LogP contribution in [0.1, 0.15) is 30.9 Å². The smallest absolute Gasteiger partial charge is 0.300 e. The SMILES string of the molecule is CC1CCN(Cc2ccc(C#CC(=O)Nc3ccc(-c4ccc(Cl)cc4)cc3F)cc2)CC1. The molecule has 1 fully saturated rings. The summed E-state index contributed by atoms with van der Waals surface area (Å²) in [4.78, 5) is 14.7. The van der Waals surface area contributed by atoms with Crippen LogP contribution in [0.3, 0.4) is 0 Å². The summed E-state index contributed by atoms with van der Waals surface area (Å²) in [7, 11) is 0. The number of piperidine rings is 1. The molecule has 1 amide bonds. The van der Waals surface area contributed by atoms with Gasteiger partial charge >= 0.3 is 5.91 Å². The Morgan fingerprint density at radius 1 is 1.03 bits per heavy atom. The van der Waals surface area contributed by atoms with E-state index >= 15 is 0 Å². The average Bonchev–Trinajstić information content (AvgIpc) is 2.82. The van der Waals surface area contributed by atoms with Crippen molar-refractivity contribution >= 4 is 23.2 Å². The van der Waals surface area contributed by atoms with E-state index < -0.39 is 11.7 Å². The van der Waals surface area contributed by atoms with Gasteiger partial charge in [0.2, 0.25) is 0 Å². The quantitative estimate of drug-likeness (QED) is 0.459. The maximum Gasteiger partial charge on any atom is 0.300 e. The van der Waals surface area contributed by atoms with Crippen LogP contribution in [0, 0.1) is 23.6 Å². The molecule has 33 heavy (non-hydrogen) atoms. The van der Waals surface area contributed by atoms with Crippen molar-refractivity contribution < 1.29 is 9.18 Å². The van der Waals surface area contributed by atoms with Gasteiger partial charge in [-0.2, -0.15) is 0 Å². The normalized spacial score (nSPS) is 14.4. The molecule has 168 valence electrons. The van der Waals surface area contributed by atoms with Gasteiger partial charge in [-0.05, 0) is 84.9 Å². The van der Waals surface area contributed by atoms with Crippen LogP contribution in [-0.4, -0.2) is 23.9 Å². The van der Waals surface area contributed by atoms with Crippen LogP contribution in [-0.2, 0) is 11.3 Å². The molecule has 0 atom stereocenters. The average molecular weight is 461 g/mol. The van der Waals surface area contributed by atoms with Crippen molar-refractivity contribution in [1.82, 2.24) is 4.90 Å². The van der Waals surface area contributed by atoms with Crippen molar-refractivity contribution in [3.8, 4) is 23.0 Å². The number of likely N-dealkylation sites (tertiary alicyclic amines) is 1. The zero-order valence-electron chi connectivity index (χ0n) is 18.6. The molecule has 1 N–H and O–H groups in total. The molecule has 3 aromatic rings. The Balaban J connectivity index is 1.34. The number of nitrogens with zero attached hydrogens (tertiary/aromatic N) is 1. The predicted molar refractivity (Wildman–Crippen MR) is 132 cm³/mol. The lowest BCUT2D eigenvalue weighted by Gasteiger charge is -2.30. The minimum Gasteiger partial charge on any atom is -0.313 e. The van der Waals surface area contributed by atoms with Crippen molar-refractivity contribution in [2.45, 2.75) is 26.3 Å². The molecule has 0 bridgehead atoms. The van der Waals surface area contributed by atoms with E-state index in [4.69, 9.17) is 11.6 Å². The van der Waals surface area contributed by atoms with Gasteiger partial charge in [-0.15, -0.1) is 0 Å². The number of halogens is 2. The van der Waals surface area contributed by atoms with Crippen LogP contribution in [0.4, 0.5) is 10.1 Å². The Morgan fingerprint density at radius 3 is 2.36 bits per heavy atom. The van der Waals surface area contributed by atoms with Crippen molar-refractivity contribution in [3.05, 3.63) is 88.7 Å². The van der Waals surface area contributed by atoms with Crippen molar-refractivity contribution in [3.63, 3.8) is 0 Å². The summed E-state index contributed by atoms with van der Waals surface area (Å²) in [5, 5.41) is 3.14. The first kappa shape index (κ1) is 23.0. The van der Waals surface area contributed by atoms with E-state index in [-0.39, 0.29) is 5.69 Å². The van der Waals surface area contributed by atoms with Crippen LogP contribution in [0.5, 0.6) is 0 Å². The number of benzene rings is 3. The number of anilines is 1. The van der Waals surface area contributed by atoms with Gasteiger partial charge in [-0.25, -0.2) is 4.39 Å². The topological polar surface area (TPSA) is 32.3 Å². The minimum absolute atomic E-state index is 0.0956. The van der Waals surface area contributed by atoms with Gasteiger partial charge < -0.3 is 5.32 Å². The lowest BCUT2D eigenvalue weighted by atomic mass is 9.99. The van der Waals surface area contributed by atoms with Gasteiger partial charge in [0, 0.05) is 23.1 Å². The maximum absolute atomic E-state index is 14.5. The van der Waals surface area contributed by atoms with Crippen LogP contribution in [0.2, 0.25) is 5.02 Å². The lowest BCUT2D eigenvalue weighted by molar-refractivity contribution is -0.111. The zero-order chi connectivity index (χ0) is 23.2. The first-order valence-electron chi connectivity index (χ1n) is 11.2. The Bertz CT molecular complexity index is 1170. The summed E-state index contributed by atoms with van der Waals surface area (Å²) < 4.78 is 14.5. The number of rotatable bonds is 4. The third-order valence-corrected chi connectivity index (χ3v) is 6.20. The van der Waals surface area contributed by atoms with Crippen LogP contribution in [0.15, 0.2) is 66.7 Å². The van der Waals surface area contributed by atoms with E-state index in [0.717, 1.165) is 36.7 Å². The monoisotopic (exact) mass is 460 g/mol. The van der Waals surface area contributed by atoms with Crippen LogP contribution >= 0.6 is 11.6 Å². The molecule has 0 spiro atoms. The highest BCUT2D eigenvalue weighted by atomic mass is 35.5. The maximum atomic E-state index is 14.5. The highest BCUT2D eigenvalue weighted by molar-refractivity contribution is 6.30. The molecule has 3 aromatic carbocycles. The molecule has 0 unspecified atom stereocenters. The Morgan fingerprint density at radius 2 is 1.70 bits per heavy atom. The van der Waals surface area contributed by atoms with Gasteiger partial charge in [0.15, 0.2) is 0 Å². The lowest BCUT2D eigenvalue weighted by Crippen LogP contribution is -2.32. The second-order valence-corrected chi connectivity index (χ2v) is 9.00. The second-order valence-electron chi connectivity index (χ2n) is 8.56. The van der Waals surface area contributed by atoms with Crippen molar-refractivity contribution in [2.24, 2.45) is 5.92 Å². The van der Waals surface area contributed by atoms with E-state index in [9.17, 15) is 9.18 Å². The highest BCUT2D eigenvalue weighted by Gasteiger charge is 2.15. The molecule has 0 saturated carbocycles. The third kappa shape index (κ3) is 6.44. The third-order valence-electron chi connectivity index (χ3n) is 5.95. The fraction of sp³-hybridized carbons (Fsp3) is 0.250. The first-order valence-corrected chi connectivity index (χ1v) is 11.5. The summed E-state index contributed by atoms with van der Waals surface area (Å²) in [5.74, 6) is 5.14. The van der Waals surface area contributed by atoms with Crippen LogP contribution < -0.4 is 5.32 Å². The highest BCUT2D eigenvalue weighted by Crippen LogP contribution is 2.25. The molecule has 1 heterocycles. The molecule has 0 aromatic heterocycles. The number of carbonyl (C=O) groups is 1. The largest absolute Gasteiger partial charge is 0.313 e. The molecule has 0 radical (unpaired) electrons. The Labute approximate surface area is 199 Å². The molecule has 4 rings (SSSR count). The summed E-state index contributed by atoms with van der Waals surface area (Å²) in [6, 6.07) is 19.7.